The minimum atomic E-state index is -2.96. The Morgan fingerprint density at radius 1 is 1.21 bits per heavy atom. The first-order valence-corrected chi connectivity index (χ1v) is 10.5. The van der Waals surface area contributed by atoms with Gasteiger partial charge in [0.15, 0.2) is 6.61 Å². The number of alkyl halides is 2. The van der Waals surface area contributed by atoms with Crippen LogP contribution in [0.25, 0.3) is 10.9 Å². The van der Waals surface area contributed by atoms with Crippen LogP contribution in [0.3, 0.4) is 0 Å². The number of fused-ring (bicyclic) bond motifs is 4. The van der Waals surface area contributed by atoms with Crippen molar-refractivity contribution in [2.45, 2.75) is 32.2 Å². The Kier molecular flexibility index (Phi) is 4.30. The molecule has 5 nitrogen and oxygen atoms in total. The van der Waals surface area contributed by atoms with Crippen molar-refractivity contribution in [3.63, 3.8) is 0 Å². The van der Waals surface area contributed by atoms with Crippen LogP contribution in [-0.2, 0) is 12.3 Å². The van der Waals surface area contributed by atoms with Gasteiger partial charge in [-0.3, -0.25) is 0 Å². The number of hydrogen-bond donors (Lipinski definition) is 1. The second-order valence-corrected chi connectivity index (χ2v) is 8.53. The molecular formula is C21H18F2IN3O2. The van der Waals surface area contributed by atoms with Crippen LogP contribution in [-0.4, -0.2) is 23.2 Å². The van der Waals surface area contributed by atoms with Crippen LogP contribution in [0.4, 0.5) is 14.6 Å². The quantitative estimate of drug-likeness (QED) is 0.496. The lowest BCUT2D eigenvalue weighted by Crippen LogP contribution is -2.14. The van der Waals surface area contributed by atoms with Crippen molar-refractivity contribution in [1.29, 1.82) is 0 Å². The average Bonchev–Trinajstić information content (AvgIpc) is 3.28. The minimum Gasteiger partial charge on any atom is -0.492 e. The van der Waals surface area contributed by atoms with Gasteiger partial charge < -0.3 is 14.8 Å². The number of anilines is 1. The number of rotatable bonds is 3. The molecule has 2 aliphatic heterocycles. The lowest BCUT2D eigenvalue weighted by Gasteiger charge is -2.19. The Morgan fingerprint density at radius 2 is 2.03 bits per heavy atom. The SMILES string of the molecule is Cc1nc(NC(C)c2cccc3c2OCC3(F)F)c2cc(I)c3c(c2n1)CCO3. The lowest BCUT2D eigenvalue weighted by atomic mass is 10.0. The van der Waals surface area contributed by atoms with Crippen LogP contribution in [0.15, 0.2) is 24.3 Å². The Bertz CT molecular complexity index is 1150. The van der Waals surface area contributed by atoms with Crippen molar-refractivity contribution < 1.29 is 18.3 Å². The molecule has 29 heavy (non-hydrogen) atoms. The number of benzene rings is 2. The van der Waals surface area contributed by atoms with E-state index in [2.05, 4.69) is 37.9 Å². The lowest BCUT2D eigenvalue weighted by molar-refractivity contribution is -0.0214. The summed E-state index contributed by atoms with van der Waals surface area (Å²) in [5.74, 6) is -0.485. The van der Waals surface area contributed by atoms with Crippen LogP contribution in [0.5, 0.6) is 11.5 Å². The molecule has 0 bridgehead atoms. The van der Waals surface area contributed by atoms with Crippen molar-refractivity contribution >= 4 is 39.3 Å². The number of aromatic nitrogens is 2. The van der Waals surface area contributed by atoms with E-state index in [1.807, 2.05) is 26.0 Å². The van der Waals surface area contributed by atoms with Gasteiger partial charge in [0, 0.05) is 22.9 Å². The monoisotopic (exact) mass is 509 g/mol. The van der Waals surface area contributed by atoms with Crippen molar-refractivity contribution in [3.05, 3.63) is 50.4 Å². The largest absolute Gasteiger partial charge is 0.492 e. The molecule has 3 aromatic rings. The minimum absolute atomic E-state index is 0.0584. The van der Waals surface area contributed by atoms with Crippen LogP contribution in [0.2, 0.25) is 0 Å². The normalized spacial score (nSPS) is 17.4. The van der Waals surface area contributed by atoms with Gasteiger partial charge in [-0.05, 0) is 48.6 Å². The number of halogens is 3. The van der Waals surface area contributed by atoms with Crippen molar-refractivity contribution in [2.24, 2.45) is 0 Å². The van der Waals surface area contributed by atoms with E-state index in [0.29, 0.717) is 23.8 Å². The molecule has 1 aromatic heterocycles. The van der Waals surface area contributed by atoms with E-state index < -0.39 is 12.5 Å². The Hall–Kier alpha value is -2.23. The highest BCUT2D eigenvalue weighted by atomic mass is 127. The first-order valence-electron chi connectivity index (χ1n) is 9.38. The van der Waals surface area contributed by atoms with E-state index in [1.165, 1.54) is 6.07 Å². The first kappa shape index (κ1) is 18.8. The molecule has 1 N–H and O–H groups in total. The molecule has 3 heterocycles. The molecule has 0 fully saturated rings. The third-order valence-electron chi connectivity index (χ3n) is 5.36. The molecule has 0 radical (unpaired) electrons. The maximum Gasteiger partial charge on any atom is 0.310 e. The van der Waals surface area contributed by atoms with E-state index in [-0.39, 0.29) is 17.4 Å². The maximum absolute atomic E-state index is 14.1. The summed E-state index contributed by atoms with van der Waals surface area (Å²) in [7, 11) is 0. The average molecular weight is 509 g/mol. The van der Waals surface area contributed by atoms with E-state index >= 15 is 0 Å². The van der Waals surface area contributed by atoms with Gasteiger partial charge in [-0.2, -0.15) is 8.78 Å². The number of hydrogen-bond acceptors (Lipinski definition) is 5. The zero-order chi connectivity index (χ0) is 20.3. The smallest absolute Gasteiger partial charge is 0.310 e. The van der Waals surface area contributed by atoms with Gasteiger partial charge in [-0.15, -0.1) is 0 Å². The highest BCUT2D eigenvalue weighted by molar-refractivity contribution is 14.1. The number of ether oxygens (including phenoxy) is 2. The van der Waals surface area contributed by atoms with Crippen LogP contribution >= 0.6 is 22.6 Å². The van der Waals surface area contributed by atoms with Crippen LogP contribution in [0.1, 0.15) is 35.5 Å². The van der Waals surface area contributed by atoms with Gasteiger partial charge in [-0.25, -0.2) is 9.97 Å². The maximum atomic E-state index is 14.1. The highest BCUT2D eigenvalue weighted by Gasteiger charge is 2.42. The Balaban J connectivity index is 1.58. The van der Waals surface area contributed by atoms with E-state index in [9.17, 15) is 8.78 Å². The van der Waals surface area contributed by atoms with Gasteiger partial charge in [0.25, 0.3) is 0 Å². The second-order valence-electron chi connectivity index (χ2n) is 7.36. The number of nitrogens with zero attached hydrogens (tertiary/aromatic N) is 2. The molecule has 0 aliphatic carbocycles. The predicted molar refractivity (Wildman–Crippen MR) is 114 cm³/mol. The molecule has 0 amide bonds. The summed E-state index contributed by atoms with van der Waals surface area (Å²) in [4.78, 5) is 9.25. The summed E-state index contributed by atoms with van der Waals surface area (Å²) in [6.07, 6.45) is 0.809. The molecule has 1 unspecified atom stereocenters. The molecule has 5 rings (SSSR count). The van der Waals surface area contributed by atoms with Crippen LogP contribution in [0, 0.1) is 10.5 Å². The van der Waals surface area contributed by atoms with Gasteiger partial charge >= 0.3 is 5.92 Å². The van der Waals surface area contributed by atoms with E-state index in [4.69, 9.17) is 9.47 Å². The molecule has 0 spiro atoms. The van der Waals surface area contributed by atoms with Crippen molar-refractivity contribution in [3.8, 4) is 11.5 Å². The summed E-state index contributed by atoms with van der Waals surface area (Å²) in [6, 6.07) is 6.61. The topological polar surface area (TPSA) is 56.3 Å². The third-order valence-corrected chi connectivity index (χ3v) is 6.16. The van der Waals surface area contributed by atoms with Crippen molar-refractivity contribution in [1.82, 2.24) is 9.97 Å². The fraction of sp³-hybridized carbons (Fsp3) is 0.333. The van der Waals surface area contributed by atoms with Gasteiger partial charge in [0.1, 0.15) is 23.1 Å². The molecule has 0 saturated heterocycles. The standard InChI is InChI=1S/C21H18F2IN3O2/c1-10(12-4-3-5-15-18(12)29-9-21(15,22)23)25-20-14-8-16(24)19-13(6-7-28-19)17(14)26-11(2)27-20/h3-5,8,10H,6-7,9H2,1-2H3,(H,25,26,27). The fourth-order valence-corrected chi connectivity index (χ4v) is 4.81. The fourth-order valence-electron chi connectivity index (χ4n) is 4.01. The zero-order valence-corrected chi connectivity index (χ0v) is 18.0. The highest BCUT2D eigenvalue weighted by Crippen LogP contribution is 2.45. The molecule has 0 saturated carbocycles. The van der Waals surface area contributed by atoms with E-state index in [1.54, 1.807) is 6.07 Å². The molecule has 1 atom stereocenters. The predicted octanol–water partition coefficient (Wildman–Crippen LogP) is 5.14. The number of para-hydroxylation sites is 1. The van der Waals surface area contributed by atoms with Crippen LogP contribution < -0.4 is 14.8 Å². The zero-order valence-electron chi connectivity index (χ0n) is 15.9. The first-order chi connectivity index (χ1) is 13.8. The summed E-state index contributed by atoms with van der Waals surface area (Å²) in [5.41, 5.74) is 2.60. The Labute approximate surface area is 180 Å². The Morgan fingerprint density at radius 3 is 2.86 bits per heavy atom. The number of aryl methyl sites for hydroxylation is 1. The van der Waals surface area contributed by atoms with E-state index in [0.717, 1.165) is 32.2 Å². The number of nitrogens with one attached hydrogen (secondary N) is 1. The van der Waals surface area contributed by atoms with Gasteiger partial charge in [0.05, 0.1) is 27.3 Å². The molecule has 2 aliphatic rings. The summed E-state index contributed by atoms with van der Waals surface area (Å²) in [6.45, 7) is 3.79. The molecule has 150 valence electrons. The molecular weight excluding hydrogens is 491 g/mol. The van der Waals surface area contributed by atoms with Gasteiger partial charge in [-0.1, -0.05) is 12.1 Å². The second kappa shape index (κ2) is 6.65. The summed E-state index contributed by atoms with van der Waals surface area (Å²) >= 11 is 2.26. The van der Waals surface area contributed by atoms with Gasteiger partial charge in [0.2, 0.25) is 0 Å². The third kappa shape index (κ3) is 2.99. The van der Waals surface area contributed by atoms with Crippen molar-refractivity contribution in [2.75, 3.05) is 18.5 Å². The molecule has 2 aromatic carbocycles. The molecule has 8 heteroatoms. The summed E-state index contributed by atoms with van der Waals surface area (Å²) in [5, 5.41) is 4.30. The summed E-state index contributed by atoms with van der Waals surface area (Å²) < 4.78 is 40.2.